The second-order valence-electron chi connectivity index (χ2n) is 5.68. The van der Waals surface area contributed by atoms with Gasteiger partial charge in [0.2, 0.25) is 0 Å². The molecule has 2 aromatic rings. The fraction of sp³-hybridized carbons (Fsp3) is 0.333. The third-order valence-corrected chi connectivity index (χ3v) is 3.89. The average molecular weight is 340 g/mol. The molecule has 0 amide bonds. The average Bonchev–Trinajstić information content (AvgIpc) is 2.65. The molecule has 2 aromatic carbocycles. The number of benzene rings is 2. The highest BCUT2D eigenvalue weighted by Gasteiger charge is 2.19. The molecule has 0 fully saturated rings. The first-order valence-electron chi connectivity index (χ1n) is 8.66. The van der Waals surface area contributed by atoms with Crippen molar-refractivity contribution in [3.63, 3.8) is 0 Å². The minimum atomic E-state index is -0.499. The van der Waals surface area contributed by atoms with Crippen LogP contribution in [-0.4, -0.2) is 25.2 Å². The molecule has 4 heteroatoms. The maximum Gasteiger partial charge on any atom is 0.339 e. The number of rotatable bonds is 8. The van der Waals surface area contributed by atoms with Crippen LogP contribution in [0.3, 0.4) is 0 Å². The SMILES string of the molecule is CCOC(=O)c1ccc(CC)cc1C(=O)OCCCc1ccccc1. The molecule has 0 heterocycles. The van der Waals surface area contributed by atoms with E-state index in [9.17, 15) is 9.59 Å². The Morgan fingerprint density at radius 3 is 2.24 bits per heavy atom. The van der Waals surface area contributed by atoms with E-state index >= 15 is 0 Å². The van der Waals surface area contributed by atoms with E-state index in [4.69, 9.17) is 9.47 Å². The molecular formula is C21H24O4. The number of aryl methyl sites for hydroxylation is 2. The van der Waals surface area contributed by atoms with Gasteiger partial charge in [-0.25, -0.2) is 9.59 Å². The summed E-state index contributed by atoms with van der Waals surface area (Å²) in [5.41, 5.74) is 2.72. The Bertz CT molecular complexity index is 707. The molecule has 0 aliphatic heterocycles. The van der Waals surface area contributed by atoms with E-state index in [2.05, 4.69) is 0 Å². The minimum Gasteiger partial charge on any atom is -0.462 e. The van der Waals surface area contributed by atoms with Crippen molar-refractivity contribution in [2.24, 2.45) is 0 Å². The molecule has 0 N–H and O–H groups in total. The van der Waals surface area contributed by atoms with Gasteiger partial charge in [0, 0.05) is 0 Å². The normalized spacial score (nSPS) is 10.3. The van der Waals surface area contributed by atoms with Gasteiger partial charge in [-0.2, -0.15) is 0 Å². The van der Waals surface area contributed by atoms with Gasteiger partial charge < -0.3 is 9.47 Å². The highest BCUT2D eigenvalue weighted by Crippen LogP contribution is 2.16. The lowest BCUT2D eigenvalue weighted by atomic mass is 10.0. The van der Waals surface area contributed by atoms with Crippen molar-refractivity contribution < 1.29 is 19.1 Å². The summed E-state index contributed by atoms with van der Waals surface area (Å²) in [7, 11) is 0. The lowest BCUT2D eigenvalue weighted by Gasteiger charge is -2.11. The first kappa shape index (κ1) is 18.7. The fourth-order valence-electron chi connectivity index (χ4n) is 2.53. The van der Waals surface area contributed by atoms with Crippen molar-refractivity contribution in [1.29, 1.82) is 0 Å². The molecule has 25 heavy (non-hydrogen) atoms. The lowest BCUT2D eigenvalue weighted by Crippen LogP contribution is -2.15. The monoisotopic (exact) mass is 340 g/mol. The van der Waals surface area contributed by atoms with E-state index in [-0.39, 0.29) is 17.7 Å². The number of hydrogen-bond acceptors (Lipinski definition) is 4. The summed E-state index contributed by atoms with van der Waals surface area (Å²) in [6.45, 7) is 4.31. The summed E-state index contributed by atoms with van der Waals surface area (Å²) < 4.78 is 10.4. The quantitative estimate of drug-likeness (QED) is 0.533. The topological polar surface area (TPSA) is 52.6 Å². The Balaban J connectivity index is 2.00. The third-order valence-electron chi connectivity index (χ3n) is 3.89. The molecule has 2 rings (SSSR count). The summed E-state index contributed by atoms with van der Waals surface area (Å²) in [5, 5.41) is 0. The van der Waals surface area contributed by atoms with E-state index in [1.807, 2.05) is 43.3 Å². The Morgan fingerprint density at radius 2 is 1.56 bits per heavy atom. The van der Waals surface area contributed by atoms with E-state index in [0.29, 0.717) is 6.61 Å². The van der Waals surface area contributed by atoms with Crippen molar-refractivity contribution in [2.45, 2.75) is 33.1 Å². The van der Waals surface area contributed by atoms with Crippen molar-refractivity contribution >= 4 is 11.9 Å². The zero-order chi connectivity index (χ0) is 18.1. The summed E-state index contributed by atoms with van der Waals surface area (Å²) in [5.74, 6) is -0.979. The Kier molecular flexibility index (Phi) is 7.20. The largest absolute Gasteiger partial charge is 0.462 e. The van der Waals surface area contributed by atoms with Crippen LogP contribution in [0.15, 0.2) is 48.5 Å². The first-order valence-corrected chi connectivity index (χ1v) is 8.66. The molecule has 0 saturated carbocycles. The Morgan fingerprint density at radius 1 is 0.840 bits per heavy atom. The molecule has 4 nitrogen and oxygen atoms in total. The first-order chi connectivity index (χ1) is 12.2. The van der Waals surface area contributed by atoms with Crippen LogP contribution in [0.1, 0.15) is 52.1 Å². The summed E-state index contributed by atoms with van der Waals surface area (Å²) in [6.07, 6.45) is 2.35. The number of hydrogen-bond donors (Lipinski definition) is 0. The Labute approximate surface area is 148 Å². The molecule has 0 aliphatic carbocycles. The van der Waals surface area contributed by atoms with Crippen LogP contribution >= 0.6 is 0 Å². The summed E-state index contributed by atoms with van der Waals surface area (Å²) in [4.78, 5) is 24.5. The molecule has 0 aliphatic rings. The van der Waals surface area contributed by atoms with E-state index in [1.54, 1.807) is 19.1 Å². The second kappa shape index (κ2) is 9.62. The number of esters is 2. The molecule has 0 radical (unpaired) electrons. The predicted molar refractivity (Wildman–Crippen MR) is 96.8 cm³/mol. The molecular weight excluding hydrogens is 316 g/mol. The fourth-order valence-corrected chi connectivity index (χ4v) is 2.53. The number of ether oxygens (including phenoxy) is 2. The molecule has 0 unspecified atom stereocenters. The lowest BCUT2D eigenvalue weighted by molar-refractivity contribution is 0.0464. The zero-order valence-corrected chi connectivity index (χ0v) is 14.8. The molecule has 0 bridgehead atoms. The van der Waals surface area contributed by atoms with Crippen LogP contribution in [0.25, 0.3) is 0 Å². The Hall–Kier alpha value is -2.62. The van der Waals surface area contributed by atoms with Crippen molar-refractivity contribution in [3.8, 4) is 0 Å². The van der Waals surface area contributed by atoms with Gasteiger partial charge in [-0.3, -0.25) is 0 Å². The van der Waals surface area contributed by atoms with Gasteiger partial charge in [-0.1, -0.05) is 43.3 Å². The molecule has 0 atom stereocenters. The van der Waals surface area contributed by atoms with Gasteiger partial charge in [-0.15, -0.1) is 0 Å². The van der Waals surface area contributed by atoms with Crippen molar-refractivity contribution in [1.82, 2.24) is 0 Å². The van der Waals surface area contributed by atoms with Crippen LogP contribution < -0.4 is 0 Å². The van der Waals surface area contributed by atoms with Crippen LogP contribution in [0, 0.1) is 0 Å². The molecule has 132 valence electrons. The van der Waals surface area contributed by atoms with Gasteiger partial charge in [0.25, 0.3) is 0 Å². The standard InChI is InChI=1S/C21H24O4/c1-3-16-12-13-18(20(22)24-4-2)19(15-16)21(23)25-14-8-11-17-9-6-5-7-10-17/h5-7,9-10,12-13,15H,3-4,8,11,14H2,1-2H3. The van der Waals surface area contributed by atoms with Gasteiger partial charge in [0.05, 0.1) is 24.3 Å². The maximum absolute atomic E-state index is 12.4. The van der Waals surface area contributed by atoms with Gasteiger partial charge in [-0.05, 0) is 49.4 Å². The number of carbonyl (C=O) groups is 2. The van der Waals surface area contributed by atoms with Crippen LogP contribution in [0.5, 0.6) is 0 Å². The van der Waals surface area contributed by atoms with E-state index < -0.39 is 11.9 Å². The van der Waals surface area contributed by atoms with Crippen LogP contribution in [-0.2, 0) is 22.3 Å². The number of carbonyl (C=O) groups excluding carboxylic acids is 2. The predicted octanol–water partition coefficient (Wildman–Crippen LogP) is 4.22. The van der Waals surface area contributed by atoms with E-state index in [0.717, 1.165) is 24.8 Å². The summed E-state index contributed by atoms with van der Waals surface area (Å²) >= 11 is 0. The van der Waals surface area contributed by atoms with E-state index in [1.165, 1.54) is 5.56 Å². The maximum atomic E-state index is 12.4. The highest BCUT2D eigenvalue weighted by atomic mass is 16.5. The molecule has 0 spiro atoms. The van der Waals surface area contributed by atoms with Gasteiger partial charge >= 0.3 is 11.9 Å². The van der Waals surface area contributed by atoms with Crippen LogP contribution in [0.2, 0.25) is 0 Å². The van der Waals surface area contributed by atoms with Crippen molar-refractivity contribution in [2.75, 3.05) is 13.2 Å². The van der Waals surface area contributed by atoms with Crippen molar-refractivity contribution in [3.05, 3.63) is 70.8 Å². The molecule has 0 saturated heterocycles. The van der Waals surface area contributed by atoms with Gasteiger partial charge in [0.15, 0.2) is 0 Å². The van der Waals surface area contributed by atoms with Crippen LogP contribution in [0.4, 0.5) is 0 Å². The molecule has 0 aromatic heterocycles. The highest BCUT2D eigenvalue weighted by molar-refractivity contribution is 6.03. The second-order valence-corrected chi connectivity index (χ2v) is 5.68. The smallest absolute Gasteiger partial charge is 0.339 e. The third kappa shape index (κ3) is 5.45. The minimum absolute atomic E-state index is 0.257. The van der Waals surface area contributed by atoms with Gasteiger partial charge in [0.1, 0.15) is 0 Å². The summed E-state index contributed by atoms with van der Waals surface area (Å²) in [6, 6.07) is 15.2. The zero-order valence-electron chi connectivity index (χ0n) is 14.8.